The highest BCUT2D eigenvalue weighted by Crippen LogP contribution is 2.28. The lowest BCUT2D eigenvalue weighted by molar-refractivity contribution is 0.0963. The van der Waals surface area contributed by atoms with Gasteiger partial charge in [0, 0.05) is 43.3 Å². The van der Waals surface area contributed by atoms with Crippen molar-refractivity contribution in [2.45, 2.75) is 25.4 Å². The van der Waals surface area contributed by atoms with Gasteiger partial charge in [-0.25, -0.2) is 9.78 Å². The lowest BCUT2D eigenvalue weighted by atomic mass is 10.1. The van der Waals surface area contributed by atoms with Crippen molar-refractivity contribution in [3.63, 3.8) is 0 Å². The molecule has 0 bridgehead atoms. The molecule has 0 spiro atoms. The Kier molecular flexibility index (Phi) is 6.07. The molecule has 158 valence electrons. The number of rotatable bonds is 7. The standard InChI is InChI=1S/C23H24N6O2/c1-24-22(30)19-10-11-20(29-21(19)27-17-8-9-17)16-4-6-18(7-5-16)28-23(31)26-14-15-3-2-12-25-13-15/h2-7,10-13,17H,8-9,14H2,1H3,(H,24,30)(H,27,29)(H2,26,28,31). The molecular formula is C23H24N6O2. The van der Waals surface area contributed by atoms with Gasteiger partial charge in [0.15, 0.2) is 0 Å². The fourth-order valence-corrected chi connectivity index (χ4v) is 3.05. The van der Waals surface area contributed by atoms with E-state index in [0.717, 1.165) is 29.7 Å². The first-order valence-corrected chi connectivity index (χ1v) is 10.2. The van der Waals surface area contributed by atoms with Gasteiger partial charge in [-0.3, -0.25) is 9.78 Å². The summed E-state index contributed by atoms with van der Waals surface area (Å²) in [5.74, 6) is 0.426. The van der Waals surface area contributed by atoms with Crippen molar-refractivity contribution in [3.05, 3.63) is 72.1 Å². The van der Waals surface area contributed by atoms with Crippen LogP contribution in [0, 0.1) is 0 Å². The third-order valence-electron chi connectivity index (χ3n) is 4.90. The zero-order valence-corrected chi connectivity index (χ0v) is 17.2. The summed E-state index contributed by atoms with van der Waals surface area (Å²) < 4.78 is 0. The van der Waals surface area contributed by atoms with Crippen LogP contribution in [0.5, 0.6) is 0 Å². The van der Waals surface area contributed by atoms with Gasteiger partial charge in [0.25, 0.3) is 5.91 Å². The summed E-state index contributed by atoms with van der Waals surface area (Å²) in [4.78, 5) is 33.0. The van der Waals surface area contributed by atoms with Crippen LogP contribution in [0.2, 0.25) is 0 Å². The number of carbonyl (C=O) groups is 2. The van der Waals surface area contributed by atoms with Gasteiger partial charge in [0.05, 0.1) is 11.3 Å². The highest BCUT2D eigenvalue weighted by Gasteiger charge is 2.24. The molecule has 1 aliphatic carbocycles. The van der Waals surface area contributed by atoms with Gasteiger partial charge in [-0.2, -0.15) is 0 Å². The molecule has 3 aromatic rings. The molecule has 4 rings (SSSR count). The fourth-order valence-electron chi connectivity index (χ4n) is 3.05. The first kappa shape index (κ1) is 20.3. The first-order chi connectivity index (χ1) is 15.1. The van der Waals surface area contributed by atoms with Crippen molar-refractivity contribution in [2.24, 2.45) is 0 Å². The minimum Gasteiger partial charge on any atom is -0.367 e. The second-order valence-corrected chi connectivity index (χ2v) is 7.34. The molecule has 0 atom stereocenters. The average Bonchev–Trinajstić information content (AvgIpc) is 3.62. The van der Waals surface area contributed by atoms with Crippen LogP contribution in [0.4, 0.5) is 16.3 Å². The molecule has 8 nitrogen and oxygen atoms in total. The fraction of sp³-hybridized carbons (Fsp3) is 0.217. The van der Waals surface area contributed by atoms with Crippen molar-refractivity contribution in [1.82, 2.24) is 20.6 Å². The van der Waals surface area contributed by atoms with Crippen LogP contribution in [0.25, 0.3) is 11.3 Å². The van der Waals surface area contributed by atoms with Crippen molar-refractivity contribution >= 4 is 23.4 Å². The lowest BCUT2D eigenvalue weighted by Gasteiger charge is -2.12. The summed E-state index contributed by atoms with van der Waals surface area (Å²) in [6.45, 7) is 0.399. The van der Waals surface area contributed by atoms with Gasteiger partial charge in [-0.15, -0.1) is 0 Å². The normalized spacial score (nSPS) is 12.7. The molecule has 2 heterocycles. The Balaban J connectivity index is 1.42. The molecule has 1 aliphatic rings. The van der Waals surface area contributed by atoms with E-state index < -0.39 is 0 Å². The summed E-state index contributed by atoms with van der Waals surface area (Å²) >= 11 is 0. The second-order valence-electron chi connectivity index (χ2n) is 7.34. The molecule has 3 amide bonds. The van der Waals surface area contributed by atoms with E-state index in [-0.39, 0.29) is 11.9 Å². The predicted molar refractivity (Wildman–Crippen MR) is 120 cm³/mol. The van der Waals surface area contributed by atoms with Gasteiger partial charge in [-0.05, 0) is 48.7 Å². The molecule has 1 saturated carbocycles. The minimum absolute atomic E-state index is 0.168. The van der Waals surface area contributed by atoms with E-state index in [1.807, 2.05) is 42.5 Å². The summed E-state index contributed by atoms with van der Waals surface area (Å²) in [5.41, 5.74) is 3.77. The predicted octanol–water partition coefficient (Wildman–Crippen LogP) is 3.40. The molecule has 2 aromatic heterocycles. The molecule has 0 radical (unpaired) electrons. The number of nitrogens with zero attached hydrogens (tertiary/aromatic N) is 2. The zero-order valence-electron chi connectivity index (χ0n) is 17.2. The molecule has 0 unspecified atom stereocenters. The number of carbonyl (C=O) groups excluding carboxylic acids is 2. The Morgan fingerprint density at radius 3 is 2.55 bits per heavy atom. The van der Waals surface area contributed by atoms with E-state index in [1.54, 1.807) is 25.5 Å². The Labute approximate surface area is 180 Å². The van der Waals surface area contributed by atoms with Crippen LogP contribution in [0.3, 0.4) is 0 Å². The van der Waals surface area contributed by atoms with E-state index >= 15 is 0 Å². The van der Waals surface area contributed by atoms with E-state index in [9.17, 15) is 9.59 Å². The number of nitrogens with one attached hydrogen (secondary N) is 4. The number of amides is 3. The van der Waals surface area contributed by atoms with E-state index in [0.29, 0.717) is 29.7 Å². The van der Waals surface area contributed by atoms with Crippen LogP contribution < -0.4 is 21.3 Å². The average molecular weight is 416 g/mol. The third-order valence-corrected chi connectivity index (χ3v) is 4.90. The molecular weight excluding hydrogens is 392 g/mol. The summed E-state index contributed by atoms with van der Waals surface area (Å²) in [5, 5.41) is 11.6. The molecule has 1 fully saturated rings. The first-order valence-electron chi connectivity index (χ1n) is 10.2. The van der Waals surface area contributed by atoms with E-state index in [2.05, 4.69) is 31.2 Å². The third kappa shape index (κ3) is 5.36. The molecule has 31 heavy (non-hydrogen) atoms. The molecule has 1 aromatic carbocycles. The van der Waals surface area contributed by atoms with Gasteiger partial charge < -0.3 is 21.3 Å². The number of urea groups is 1. The minimum atomic E-state index is -0.291. The monoisotopic (exact) mass is 416 g/mol. The molecule has 0 aliphatic heterocycles. The lowest BCUT2D eigenvalue weighted by Crippen LogP contribution is -2.28. The maximum absolute atomic E-state index is 12.1. The maximum atomic E-state index is 12.1. The summed E-state index contributed by atoms with van der Waals surface area (Å²) in [6, 6.07) is 14.8. The highest BCUT2D eigenvalue weighted by molar-refractivity contribution is 5.99. The SMILES string of the molecule is CNC(=O)c1ccc(-c2ccc(NC(=O)NCc3cccnc3)cc2)nc1NC1CC1. The number of anilines is 2. The van der Waals surface area contributed by atoms with Gasteiger partial charge >= 0.3 is 6.03 Å². The Morgan fingerprint density at radius 1 is 1.06 bits per heavy atom. The van der Waals surface area contributed by atoms with Gasteiger partial charge in [-0.1, -0.05) is 18.2 Å². The summed E-state index contributed by atoms with van der Waals surface area (Å²) in [6.07, 6.45) is 5.57. The Bertz CT molecular complexity index is 1070. The van der Waals surface area contributed by atoms with Crippen molar-refractivity contribution in [2.75, 3.05) is 17.7 Å². The van der Waals surface area contributed by atoms with Crippen LogP contribution in [0.15, 0.2) is 60.9 Å². The number of hydrogen-bond donors (Lipinski definition) is 4. The molecule has 0 saturated heterocycles. The van der Waals surface area contributed by atoms with E-state index in [1.165, 1.54) is 0 Å². The number of hydrogen-bond acceptors (Lipinski definition) is 5. The van der Waals surface area contributed by atoms with Gasteiger partial charge in [0.2, 0.25) is 0 Å². The largest absolute Gasteiger partial charge is 0.367 e. The number of pyridine rings is 2. The van der Waals surface area contributed by atoms with Gasteiger partial charge in [0.1, 0.15) is 5.82 Å². The Morgan fingerprint density at radius 2 is 1.87 bits per heavy atom. The smallest absolute Gasteiger partial charge is 0.319 e. The van der Waals surface area contributed by atoms with Crippen LogP contribution in [-0.4, -0.2) is 35.0 Å². The van der Waals surface area contributed by atoms with Crippen LogP contribution >= 0.6 is 0 Å². The van der Waals surface area contributed by atoms with Crippen LogP contribution in [0.1, 0.15) is 28.8 Å². The molecule has 8 heteroatoms. The van der Waals surface area contributed by atoms with Crippen molar-refractivity contribution < 1.29 is 9.59 Å². The second kappa shape index (κ2) is 9.25. The van der Waals surface area contributed by atoms with E-state index in [4.69, 9.17) is 0 Å². The van der Waals surface area contributed by atoms with Crippen molar-refractivity contribution in [1.29, 1.82) is 0 Å². The highest BCUT2D eigenvalue weighted by atomic mass is 16.2. The molecule has 4 N–H and O–H groups in total. The van der Waals surface area contributed by atoms with Crippen molar-refractivity contribution in [3.8, 4) is 11.3 Å². The summed E-state index contributed by atoms with van der Waals surface area (Å²) in [7, 11) is 1.61. The zero-order chi connectivity index (χ0) is 21.6. The van der Waals surface area contributed by atoms with Crippen LogP contribution in [-0.2, 0) is 6.54 Å². The topological polar surface area (TPSA) is 108 Å². The number of aromatic nitrogens is 2. The quantitative estimate of drug-likeness (QED) is 0.472. The Hall–Kier alpha value is -3.94. The number of benzene rings is 1. The maximum Gasteiger partial charge on any atom is 0.319 e.